The average Bonchev–Trinajstić information content (AvgIpc) is 2.40. The van der Waals surface area contributed by atoms with Crippen molar-refractivity contribution in [1.29, 1.82) is 0 Å². The van der Waals surface area contributed by atoms with Crippen LogP contribution in [0.25, 0.3) is 0 Å². The maximum atomic E-state index is 3.69. The van der Waals surface area contributed by atoms with Crippen LogP contribution >= 0.6 is 0 Å². The second kappa shape index (κ2) is 28.8. The molecule has 0 nitrogen and oxygen atoms in total. The van der Waals surface area contributed by atoms with E-state index in [4.69, 9.17) is 0 Å². The minimum Gasteiger partial charge on any atom is -0.343 e. The summed E-state index contributed by atoms with van der Waals surface area (Å²) in [4.78, 5) is 0. The molecule has 0 aromatic heterocycles. The molecule has 0 saturated heterocycles. The third-order valence-corrected chi connectivity index (χ3v) is 2.31. The van der Waals surface area contributed by atoms with Crippen molar-refractivity contribution in [1.82, 2.24) is 0 Å². The van der Waals surface area contributed by atoms with Gasteiger partial charge in [0.25, 0.3) is 0 Å². The van der Waals surface area contributed by atoms with Crippen molar-refractivity contribution in [3.8, 4) is 0 Å². The van der Waals surface area contributed by atoms with Crippen LogP contribution in [-0.2, 0) is 21.7 Å². The fourth-order valence-electron chi connectivity index (χ4n) is 0. The second-order valence-electron chi connectivity index (χ2n) is 6.73. The zero-order chi connectivity index (χ0) is 17.1. The van der Waals surface area contributed by atoms with Gasteiger partial charge >= 0.3 is 21.7 Å². The maximum Gasteiger partial charge on any atom is 4.00 e. The van der Waals surface area contributed by atoms with Crippen molar-refractivity contribution in [3.05, 3.63) is 27.7 Å². The van der Waals surface area contributed by atoms with Gasteiger partial charge in [-0.15, -0.1) is 0 Å². The maximum absolute atomic E-state index is 3.69. The van der Waals surface area contributed by atoms with Gasteiger partial charge in [-0.25, -0.2) is 0 Å². The summed E-state index contributed by atoms with van der Waals surface area (Å²) < 4.78 is 0. The van der Waals surface area contributed by atoms with E-state index in [-0.39, 0.29) is 21.7 Å². The van der Waals surface area contributed by atoms with Gasteiger partial charge in [-0.05, 0) is 0 Å². The first-order chi connectivity index (χ1) is 9.08. The molecule has 0 unspecified atom stereocenters. The van der Waals surface area contributed by atoms with Gasteiger partial charge < -0.3 is 27.7 Å². The SMILES string of the molecule is [CH2-]CC(C)C.[CH2-]CC(C)C.[CH2-]CC(C)C.[CH2-]CC(C)C.[Ti+4]. The molecule has 0 aromatic carbocycles. The van der Waals surface area contributed by atoms with Gasteiger partial charge in [0.2, 0.25) is 0 Å². The summed E-state index contributed by atoms with van der Waals surface area (Å²) in [5.41, 5.74) is 0. The summed E-state index contributed by atoms with van der Waals surface area (Å²) in [6.07, 6.45) is 4.22. The molecule has 128 valence electrons. The van der Waals surface area contributed by atoms with Crippen molar-refractivity contribution in [2.45, 2.75) is 81.1 Å². The van der Waals surface area contributed by atoms with E-state index in [1.807, 2.05) is 0 Å². The Morgan fingerprint density at radius 3 is 0.476 bits per heavy atom. The quantitative estimate of drug-likeness (QED) is 0.370. The molecule has 1 heteroatoms. The minimum absolute atomic E-state index is 0. The molecule has 21 heavy (non-hydrogen) atoms. The van der Waals surface area contributed by atoms with E-state index in [9.17, 15) is 0 Å². The smallest absolute Gasteiger partial charge is 0.343 e. The Balaban J connectivity index is -0.0000000533. The van der Waals surface area contributed by atoms with Gasteiger partial charge in [-0.2, -0.15) is 25.7 Å². The molecule has 0 aliphatic carbocycles. The average molecular weight is 332 g/mol. The summed E-state index contributed by atoms with van der Waals surface area (Å²) in [5, 5.41) is 0. The first-order valence-corrected chi connectivity index (χ1v) is 8.25. The molecular weight excluding hydrogens is 288 g/mol. The van der Waals surface area contributed by atoms with Gasteiger partial charge in [-0.3, -0.25) is 0 Å². The van der Waals surface area contributed by atoms with Crippen LogP contribution in [-0.4, -0.2) is 0 Å². The Kier molecular flexibility index (Phi) is 45.8. The Bertz CT molecular complexity index is 93.8. The molecule has 0 saturated carbocycles. The first kappa shape index (κ1) is 33.4. The van der Waals surface area contributed by atoms with Gasteiger partial charge in [0.1, 0.15) is 0 Å². The van der Waals surface area contributed by atoms with Crippen molar-refractivity contribution in [3.63, 3.8) is 0 Å². The molecule has 0 atom stereocenters. The van der Waals surface area contributed by atoms with E-state index in [1.54, 1.807) is 0 Å². The summed E-state index contributed by atoms with van der Waals surface area (Å²) in [7, 11) is 0. The van der Waals surface area contributed by atoms with E-state index < -0.39 is 0 Å². The standard InChI is InChI=1S/4C5H11.Ti/c4*1-4-5(2)3;/h4*5H,1,4H2,2-3H3;/q4*-1;+4. The topological polar surface area (TPSA) is 0 Å². The third-order valence-electron chi connectivity index (χ3n) is 2.31. The predicted molar refractivity (Wildman–Crippen MR) is 99.2 cm³/mol. The molecule has 0 aliphatic rings. The monoisotopic (exact) mass is 332 g/mol. The van der Waals surface area contributed by atoms with Gasteiger partial charge in [0, 0.05) is 0 Å². The summed E-state index contributed by atoms with van der Waals surface area (Å²) in [6.45, 7) is 32.0. The summed E-state index contributed by atoms with van der Waals surface area (Å²) in [6, 6.07) is 0. The Hall–Kier alpha value is 0.714. The Morgan fingerprint density at radius 2 is 0.476 bits per heavy atom. The largest absolute Gasteiger partial charge is 4.00 e. The minimum atomic E-state index is 0. The number of hydrogen-bond donors (Lipinski definition) is 0. The van der Waals surface area contributed by atoms with E-state index in [0.29, 0.717) is 0 Å². The molecule has 0 rings (SSSR count). The second-order valence-corrected chi connectivity index (χ2v) is 6.73. The molecule has 0 N–H and O–H groups in total. The van der Waals surface area contributed by atoms with Gasteiger partial charge in [0.05, 0.1) is 0 Å². The van der Waals surface area contributed by atoms with Crippen molar-refractivity contribution in [2.75, 3.05) is 0 Å². The van der Waals surface area contributed by atoms with Crippen LogP contribution < -0.4 is 0 Å². The number of hydrogen-bond acceptors (Lipinski definition) is 0. The van der Waals surface area contributed by atoms with Crippen LogP contribution in [0, 0.1) is 51.4 Å². The summed E-state index contributed by atoms with van der Waals surface area (Å²) in [5.74, 6) is 3.09. The van der Waals surface area contributed by atoms with Crippen LogP contribution in [0.3, 0.4) is 0 Å². The van der Waals surface area contributed by atoms with E-state index in [2.05, 4.69) is 83.1 Å². The van der Waals surface area contributed by atoms with Gasteiger partial charge in [-0.1, -0.05) is 79.1 Å². The van der Waals surface area contributed by atoms with E-state index >= 15 is 0 Å². The molecule has 0 bridgehead atoms. The molecular formula is C20H44Ti. The van der Waals surface area contributed by atoms with Crippen molar-refractivity contribution >= 4 is 0 Å². The molecule has 0 heterocycles. The molecule has 0 spiro atoms. The molecule has 0 amide bonds. The van der Waals surface area contributed by atoms with Crippen LogP contribution in [0.15, 0.2) is 0 Å². The molecule has 0 fully saturated rings. The fraction of sp³-hybridized carbons (Fsp3) is 0.800. The Morgan fingerprint density at radius 1 is 0.429 bits per heavy atom. The van der Waals surface area contributed by atoms with Crippen LogP contribution in [0.1, 0.15) is 81.1 Å². The van der Waals surface area contributed by atoms with Crippen LogP contribution in [0.2, 0.25) is 0 Å². The third kappa shape index (κ3) is 95.5. The zero-order valence-electron chi connectivity index (χ0n) is 16.5. The predicted octanol–water partition coefficient (Wildman–Crippen LogP) is 7.46. The van der Waals surface area contributed by atoms with E-state index in [1.165, 1.54) is 0 Å². The van der Waals surface area contributed by atoms with Crippen LogP contribution in [0.5, 0.6) is 0 Å². The van der Waals surface area contributed by atoms with Crippen molar-refractivity contribution < 1.29 is 21.7 Å². The summed E-state index contributed by atoms with van der Waals surface area (Å²) >= 11 is 0. The van der Waals surface area contributed by atoms with Crippen LogP contribution in [0.4, 0.5) is 0 Å². The van der Waals surface area contributed by atoms with E-state index in [0.717, 1.165) is 49.4 Å². The molecule has 0 aliphatic heterocycles. The van der Waals surface area contributed by atoms with Gasteiger partial charge in [0.15, 0.2) is 0 Å². The first-order valence-electron chi connectivity index (χ1n) is 8.25. The van der Waals surface area contributed by atoms with Crippen molar-refractivity contribution in [2.24, 2.45) is 23.7 Å². The number of rotatable bonds is 4. The molecule has 0 aromatic rings. The normalized spacial score (nSPS) is 9.14. The fourth-order valence-corrected chi connectivity index (χ4v) is 0. The molecule has 0 radical (unpaired) electrons. The zero-order valence-corrected chi connectivity index (χ0v) is 18.0. The Labute approximate surface area is 154 Å².